The van der Waals surface area contributed by atoms with Gasteiger partial charge in [-0.2, -0.15) is 0 Å². The molecule has 1 N–H and O–H groups in total. The van der Waals surface area contributed by atoms with E-state index in [0.29, 0.717) is 18.0 Å². The SMILES string of the molecule is O=C(Nc1cccc(N2CCCCC2)c1)C1CC(=O)N(c2ccc3c(c2)OCO3)C1. The molecule has 1 unspecified atom stereocenters. The summed E-state index contributed by atoms with van der Waals surface area (Å²) in [5.74, 6) is 0.732. The van der Waals surface area contributed by atoms with Gasteiger partial charge in [0.2, 0.25) is 18.6 Å². The lowest BCUT2D eigenvalue weighted by Crippen LogP contribution is -2.30. The van der Waals surface area contributed by atoms with Gasteiger partial charge in [-0.25, -0.2) is 0 Å². The molecule has 7 nitrogen and oxygen atoms in total. The first-order valence-electron chi connectivity index (χ1n) is 10.5. The molecule has 2 fully saturated rings. The summed E-state index contributed by atoms with van der Waals surface area (Å²) in [4.78, 5) is 29.4. The van der Waals surface area contributed by atoms with Crippen molar-refractivity contribution in [1.82, 2.24) is 0 Å². The average molecular weight is 407 g/mol. The maximum atomic E-state index is 12.9. The highest BCUT2D eigenvalue weighted by atomic mass is 16.7. The lowest BCUT2D eigenvalue weighted by molar-refractivity contribution is -0.122. The maximum absolute atomic E-state index is 12.9. The molecule has 3 heterocycles. The van der Waals surface area contributed by atoms with Crippen molar-refractivity contribution in [2.45, 2.75) is 25.7 Å². The zero-order valence-electron chi connectivity index (χ0n) is 16.8. The molecule has 7 heteroatoms. The monoisotopic (exact) mass is 407 g/mol. The zero-order chi connectivity index (χ0) is 20.5. The van der Waals surface area contributed by atoms with E-state index < -0.39 is 0 Å². The number of ether oxygens (including phenoxy) is 2. The van der Waals surface area contributed by atoms with Gasteiger partial charge in [0.05, 0.1) is 5.92 Å². The molecule has 0 aromatic heterocycles. The van der Waals surface area contributed by atoms with Crippen molar-refractivity contribution in [2.24, 2.45) is 5.92 Å². The van der Waals surface area contributed by atoms with Crippen LogP contribution in [-0.4, -0.2) is 38.2 Å². The van der Waals surface area contributed by atoms with Gasteiger partial charge >= 0.3 is 0 Å². The Bertz CT molecular complexity index is 971. The van der Waals surface area contributed by atoms with E-state index in [0.717, 1.165) is 30.2 Å². The summed E-state index contributed by atoms with van der Waals surface area (Å²) in [6.07, 6.45) is 3.89. The fraction of sp³-hybridized carbons (Fsp3) is 0.391. The Balaban J connectivity index is 1.25. The standard InChI is InChI=1S/C23H25N3O4/c27-22-11-16(14-26(22)19-7-8-20-21(13-19)30-15-29-20)23(28)24-17-5-4-6-18(12-17)25-9-2-1-3-10-25/h4-8,12-13,16H,1-3,9-11,14-15H2,(H,24,28). The Labute approximate surface area is 175 Å². The Hall–Kier alpha value is -3.22. The number of amides is 2. The van der Waals surface area contributed by atoms with Gasteiger partial charge in [-0.05, 0) is 49.6 Å². The third-order valence-electron chi connectivity index (χ3n) is 6.00. The molecular weight excluding hydrogens is 382 g/mol. The Morgan fingerprint density at radius 1 is 0.967 bits per heavy atom. The first-order chi connectivity index (χ1) is 14.7. The fourth-order valence-electron chi connectivity index (χ4n) is 4.36. The summed E-state index contributed by atoms with van der Waals surface area (Å²) in [5, 5.41) is 3.01. The predicted molar refractivity (Wildman–Crippen MR) is 114 cm³/mol. The van der Waals surface area contributed by atoms with E-state index in [1.807, 2.05) is 24.3 Å². The summed E-state index contributed by atoms with van der Waals surface area (Å²) >= 11 is 0. The van der Waals surface area contributed by atoms with Gasteiger partial charge < -0.3 is 24.6 Å². The molecule has 2 aromatic rings. The van der Waals surface area contributed by atoms with Crippen LogP contribution in [-0.2, 0) is 9.59 Å². The van der Waals surface area contributed by atoms with Crippen LogP contribution in [0.5, 0.6) is 11.5 Å². The Morgan fingerprint density at radius 3 is 2.67 bits per heavy atom. The largest absolute Gasteiger partial charge is 0.454 e. The highest BCUT2D eigenvalue weighted by Gasteiger charge is 2.35. The lowest BCUT2D eigenvalue weighted by atomic mass is 10.1. The quantitative estimate of drug-likeness (QED) is 0.841. The van der Waals surface area contributed by atoms with Crippen molar-refractivity contribution in [1.29, 1.82) is 0 Å². The van der Waals surface area contributed by atoms with E-state index in [4.69, 9.17) is 9.47 Å². The first-order valence-corrected chi connectivity index (χ1v) is 10.5. The number of piperidine rings is 1. The third-order valence-corrected chi connectivity index (χ3v) is 6.00. The van der Waals surface area contributed by atoms with E-state index in [2.05, 4.69) is 16.3 Å². The second kappa shape index (κ2) is 7.89. The van der Waals surface area contributed by atoms with E-state index in [-0.39, 0.29) is 30.9 Å². The molecule has 5 rings (SSSR count). The molecule has 0 aliphatic carbocycles. The number of benzene rings is 2. The van der Waals surface area contributed by atoms with Crippen LogP contribution < -0.4 is 24.6 Å². The molecule has 2 aromatic carbocycles. The predicted octanol–water partition coefficient (Wildman–Crippen LogP) is 3.40. The smallest absolute Gasteiger partial charge is 0.231 e. The number of hydrogen-bond acceptors (Lipinski definition) is 5. The lowest BCUT2D eigenvalue weighted by Gasteiger charge is -2.29. The van der Waals surface area contributed by atoms with Gasteiger partial charge in [0.25, 0.3) is 0 Å². The van der Waals surface area contributed by atoms with E-state index in [1.165, 1.54) is 19.3 Å². The van der Waals surface area contributed by atoms with Gasteiger partial charge in [-0.3, -0.25) is 9.59 Å². The number of carbonyl (C=O) groups is 2. The molecule has 3 aliphatic rings. The minimum atomic E-state index is -0.387. The number of nitrogens with one attached hydrogen (secondary N) is 1. The van der Waals surface area contributed by atoms with Crippen LogP contribution in [0.1, 0.15) is 25.7 Å². The fourth-order valence-corrected chi connectivity index (χ4v) is 4.36. The van der Waals surface area contributed by atoms with Crippen LogP contribution in [0.25, 0.3) is 0 Å². The van der Waals surface area contributed by atoms with Gasteiger partial charge in [0, 0.05) is 49.2 Å². The van der Waals surface area contributed by atoms with Crippen molar-refractivity contribution in [3.63, 3.8) is 0 Å². The van der Waals surface area contributed by atoms with Crippen molar-refractivity contribution in [2.75, 3.05) is 41.5 Å². The Kier molecular flexibility index (Phi) is 4.94. The minimum absolute atomic E-state index is 0.0592. The first kappa shape index (κ1) is 18.8. The van der Waals surface area contributed by atoms with Crippen LogP contribution in [0.15, 0.2) is 42.5 Å². The number of fused-ring (bicyclic) bond motifs is 1. The molecule has 0 radical (unpaired) electrons. The normalized spacial score (nSPS) is 20.5. The zero-order valence-corrected chi connectivity index (χ0v) is 16.8. The number of carbonyl (C=O) groups excluding carboxylic acids is 2. The molecular formula is C23H25N3O4. The average Bonchev–Trinajstić information content (AvgIpc) is 3.40. The molecule has 2 saturated heterocycles. The summed E-state index contributed by atoms with van der Waals surface area (Å²) in [6.45, 7) is 2.66. The second-order valence-electron chi connectivity index (χ2n) is 8.03. The van der Waals surface area contributed by atoms with Crippen LogP contribution in [0.2, 0.25) is 0 Å². The summed E-state index contributed by atoms with van der Waals surface area (Å²) in [5.41, 5.74) is 2.64. The van der Waals surface area contributed by atoms with Gasteiger partial charge in [0.15, 0.2) is 11.5 Å². The Morgan fingerprint density at radius 2 is 1.80 bits per heavy atom. The molecule has 1 atom stereocenters. The highest BCUT2D eigenvalue weighted by Crippen LogP contribution is 2.37. The molecule has 0 bridgehead atoms. The molecule has 2 amide bonds. The number of anilines is 3. The summed E-state index contributed by atoms with van der Waals surface area (Å²) in [7, 11) is 0. The topological polar surface area (TPSA) is 71.1 Å². The maximum Gasteiger partial charge on any atom is 0.231 e. The molecule has 0 saturated carbocycles. The summed E-state index contributed by atoms with van der Waals surface area (Å²) in [6, 6.07) is 13.4. The van der Waals surface area contributed by atoms with Crippen molar-refractivity contribution in [3.8, 4) is 11.5 Å². The van der Waals surface area contributed by atoms with Crippen molar-refractivity contribution in [3.05, 3.63) is 42.5 Å². The van der Waals surface area contributed by atoms with Crippen molar-refractivity contribution >= 4 is 28.9 Å². The number of rotatable bonds is 4. The molecule has 156 valence electrons. The highest BCUT2D eigenvalue weighted by molar-refractivity contribution is 6.03. The summed E-state index contributed by atoms with van der Waals surface area (Å²) < 4.78 is 10.7. The van der Waals surface area contributed by atoms with E-state index >= 15 is 0 Å². The van der Waals surface area contributed by atoms with Gasteiger partial charge in [0.1, 0.15) is 0 Å². The number of nitrogens with zero attached hydrogens (tertiary/aromatic N) is 2. The third kappa shape index (κ3) is 3.67. The van der Waals surface area contributed by atoms with Crippen LogP contribution in [0, 0.1) is 5.92 Å². The van der Waals surface area contributed by atoms with Crippen LogP contribution >= 0.6 is 0 Å². The number of hydrogen-bond donors (Lipinski definition) is 1. The van der Waals surface area contributed by atoms with Gasteiger partial charge in [-0.1, -0.05) is 6.07 Å². The second-order valence-corrected chi connectivity index (χ2v) is 8.03. The van der Waals surface area contributed by atoms with Crippen molar-refractivity contribution < 1.29 is 19.1 Å². The van der Waals surface area contributed by atoms with Crippen LogP contribution in [0.3, 0.4) is 0 Å². The minimum Gasteiger partial charge on any atom is -0.454 e. The molecule has 0 spiro atoms. The molecule has 30 heavy (non-hydrogen) atoms. The molecule has 3 aliphatic heterocycles. The van der Waals surface area contributed by atoms with E-state index in [9.17, 15) is 9.59 Å². The van der Waals surface area contributed by atoms with E-state index in [1.54, 1.807) is 17.0 Å². The van der Waals surface area contributed by atoms with Crippen LogP contribution in [0.4, 0.5) is 17.1 Å². The van der Waals surface area contributed by atoms with Gasteiger partial charge in [-0.15, -0.1) is 0 Å².